The standard InChI is InChI=1S/C9H13BrClNS/c1-12-5-3-2-4-7-6-8(11)9(10)13-7/h6,12H,2-5H2,1H3. The van der Waals surface area contributed by atoms with Crippen molar-refractivity contribution < 1.29 is 0 Å². The minimum Gasteiger partial charge on any atom is -0.320 e. The van der Waals surface area contributed by atoms with Crippen LogP contribution in [0, 0.1) is 0 Å². The van der Waals surface area contributed by atoms with Gasteiger partial charge in [0.15, 0.2) is 0 Å². The van der Waals surface area contributed by atoms with Crippen molar-refractivity contribution in [1.82, 2.24) is 5.32 Å². The average Bonchev–Trinajstić information content (AvgIpc) is 2.41. The van der Waals surface area contributed by atoms with E-state index in [2.05, 4.69) is 27.3 Å². The number of hydrogen-bond acceptors (Lipinski definition) is 2. The summed E-state index contributed by atoms with van der Waals surface area (Å²) in [6.45, 7) is 1.10. The van der Waals surface area contributed by atoms with Gasteiger partial charge in [0.1, 0.15) is 0 Å². The molecule has 0 amide bonds. The van der Waals surface area contributed by atoms with Gasteiger partial charge in [0.2, 0.25) is 0 Å². The highest BCUT2D eigenvalue weighted by Gasteiger charge is 2.03. The molecule has 1 nitrogen and oxygen atoms in total. The molecule has 1 aromatic rings. The summed E-state index contributed by atoms with van der Waals surface area (Å²) in [5, 5.41) is 3.98. The van der Waals surface area contributed by atoms with Crippen LogP contribution in [0.4, 0.5) is 0 Å². The molecule has 0 bridgehead atoms. The van der Waals surface area contributed by atoms with Crippen molar-refractivity contribution in [3.63, 3.8) is 0 Å². The number of nitrogens with one attached hydrogen (secondary N) is 1. The topological polar surface area (TPSA) is 12.0 Å². The third kappa shape index (κ3) is 3.98. The molecular formula is C9H13BrClNS. The maximum Gasteiger partial charge on any atom is 0.0887 e. The van der Waals surface area contributed by atoms with E-state index in [1.54, 1.807) is 11.3 Å². The molecular weight excluding hydrogens is 270 g/mol. The summed E-state index contributed by atoms with van der Waals surface area (Å²) in [5.41, 5.74) is 0. The molecule has 0 aliphatic heterocycles. The summed E-state index contributed by atoms with van der Waals surface area (Å²) in [6.07, 6.45) is 3.59. The van der Waals surface area contributed by atoms with E-state index in [0.29, 0.717) is 0 Å². The maximum absolute atomic E-state index is 5.92. The van der Waals surface area contributed by atoms with E-state index in [9.17, 15) is 0 Å². The van der Waals surface area contributed by atoms with E-state index in [0.717, 1.165) is 21.8 Å². The summed E-state index contributed by atoms with van der Waals surface area (Å²) in [7, 11) is 1.98. The van der Waals surface area contributed by atoms with Crippen LogP contribution in [0.25, 0.3) is 0 Å². The van der Waals surface area contributed by atoms with E-state index < -0.39 is 0 Å². The second-order valence-electron chi connectivity index (χ2n) is 2.90. The fourth-order valence-corrected chi connectivity index (χ4v) is 2.98. The molecule has 0 fully saturated rings. The molecule has 0 atom stereocenters. The summed E-state index contributed by atoms with van der Waals surface area (Å²) in [5.74, 6) is 0. The third-order valence-corrected chi connectivity index (χ3v) is 4.33. The van der Waals surface area contributed by atoms with E-state index in [1.165, 1.54) is 17.7 Å². The highest BCUT2D eigenvalue weighted by Crippen LogP contribution is 2.32. The van der Waals surface area contributed by atoms with Crippen LogP contribution in [0.1, 0.15) is 17.7 Å². The Hall–Kier alpha value is 0.430. The Kier molecular flexibility index (Phi) is 5.32. The number of thiophene rings is 1. The van der Waals surface area contributed by atoms with Crippen LogP contribution in [0.15, 0.2) is 9.85 Å². The van der Waals surface area contributed by atoms with Gasteiger partial charge in [-0.1, -0.05) is 11.6 Å². The molecule has 0 spiro atoms. The van der Waals surface area contributed by atoms with E-state index >= 15 is 0 Å². The second kappa shape index (κ2) is 6.02. The van der Waals surface area contributed by atoms with E-state index in [4.69, 9.17) is 11.6 Å². The fraction of sp³-hybridized carbons (Fsp3) is 0.556. The number of unbranched alkanes of at least 4 members (excludes halogenated alkanes) is 1. The number of halogens is 2. The van der Waals surface area contributed by atoms with Gasteiger partial charge in [0.25, 0.3) is 0 Å². The highest BCUT2D eigenvalue weighted by molar-refractivity contribution is 9.11. The van der Waals surface area contributed by atoms with E-state index in [1.807, 2.05) is 7.05 Å². The normalized spacial score (nSPS) is 10.7. The van der Waals surface area contributed by atoms with Gasteiger partial charge in [-0.3, -0.25) is 0 Å². The van der Waals surface area contributed by atoms with Gasteiger partial charge in [0.05, 0.1) is 8.81 Å². The molecule has 0 aliphatic rings. The quantitative estimate of drug-likeness (QED) is 0.812. The van der Waals surface area contributed by atoms with Crippen LogP contribution < -0.4 is 5.32 Å². The molecule has 0 unspecified atom stereocenters. The van der Waals surface area contributed by atoms with Crippen molar-refractivity contribution in [2.24, 2.45) is 0 Å². The van der Waals surface area contributed by atoms with Crippen LogP contribution in [-0.4, -0.2) is 13.6 Å². The van der Waals surface area contributed by atoms with Crippen LogP contribution in [-0.2, 0) is 6.42 Å². The molecule has 1 heterocycles. The van der Waals surface area contributed by atoms with Crippen molar-refractivity contribution in [1.29, 1.82) is 0 Å². The Morgan fingerprint density at radius 3 is 2.85 bits per heavy atom. The van der Waals surface area contributed by atoms with Gasteiger partial charge in [-0.15, -0.1) is 11.3 Å². The molecule has 0 aromatic carbocycles. The lowest BCUT2D eigenvalue weighted by atomic mass is 10.2. The minimum atomic E-state index is 0.841. The van der Waals surface area contributed by atoms with E-state index in [-0.39, 0.29) is 0 Å². The van der Waals surface area contributed by atoms with Gasteiger partial charge in [-0.05, 0) is 54.9 Å². The van der Waals surface area contributed by atoms with Gasteiger partial charge < -0.3 is 5.32 Å². The van der Waals surface area contributed by atoms with Crippen molar-refractivity contribution in [2.75, 3.05) is 13.6 Å². The Morgan fingerprint density at radius 1 is 1.54 bits per heavy atom. The van der Waals surface area contributed by atoms with Gasteiger partial charge in [0, 0.05) is 4.88 Å². The molecule has 1 rings (SSSR count). The van der Waals surface area contributed by atoms with Crippen molar-refractivity contribution in [3.05, 3.63) is 19.8 Å². The van der Waals surface area contributed by atoms with Gasteiger partial charge in [-0.25, -0.2) is 0 Å². The zero-order valence-corrected chi connectivity index (χ0v) is 10.7. The highest BCUT2D eigenvalue weighted by atomic mass is 79.9. The van der Waals surface area contributed by atoms with Gasteiger partial charge in [-0.2, -0.15) is 0 Å². The monoisotopic (exact) mass is 281 g/mol. The fourth-order valence-electron chi connectivity index (χ4n) is 1.12. The largest absolute Gasteiger partial charge is 0.320 e. The molecule has 4 heteroatoms. The van der Waals surface area contributed by atoms with Crippen molar-refractivity contribution in [3.8, 4) is 0 Å². The first-order chi connectivity index (χ1) is 6.24. The lowest BCUT2D eigenvalue weighted by molar-refractivity contribution is 0.680. The summed E-state index contributed by atoms with van der Waals surface area (Å²) in [4.78, 5) is 1.37. The number of rotatable bonds is 5. The summed E-state index contributed by atoms with van der Waals surface area (Å²) in [6, 6.07) is 2.05. The predicted octanol–water partition coefficient (Wildman–Crippen LogP) is 3.71. The first kappa shape index (κ1) is 11.5. The van der Waals surface area contributed by atoms with Crippen LogP contribution in [0.3, 0.4) is 0 Å². The number of hydrogen-bond donors (Lipinski definition) is 1. The minimum absolute atomic E-state index is 0.841. The Bertz CT molecular complexity index is 243. The Labute approximate surface area is 96.6 Å². The Morgan fingerprint density at radius 2 is 2.31 bits per heavy atom. The molecule has 1 N–H and O–H groups in total. The Balaban J connectivity index is 2.29. The van der Waals surface area contributed by atoms with Crippen LogP contribution in [0.2, 0.25) is 5.02 Å². The second-order valence-corrected chi connectivity index (χ2v) is 5.76. The first-order valence-electron chi connectivity index (χ1n) is 4.32. The lowest BCUT2D eigenvalue weighted by Crippen LogP contribution is -2.07. The molecule has 74 valence electrons. The van der Waals surface area contributed by atoms with Crippen LogP contribution >= 0.6 is 38.9 Å². The van der Waals surface area contributed by atoms with Crippen molar-refractivity contribution >= 4 is 38.9 Å². The first-order valence-corrected chi connectivity index (χ1v) is 6.31. The third-order valence-electron chi connectivity index (χ3n) is 1.80. The zero-order chi connectivity index (χ0) is 9.68. The number of aryl methyl sites for hydroxylation is 1. The molecule has 0 saturated carbocycles. The van der Waals surface area contributed by atoms with Crippen LogP contribution in [0.5, 0.6) is 0 Å². The molecule has 0 radical (unpaired) electrons. The summed E-state index contributed by atoms with van der Waals surface area (Å²) >= 11 is 11.1. The zero-order valence-electron chi connectivity index (χ0n) is 7.57. The van der Waals surface area contributed by atoms with Crippen molar-refractivity contribution in [2.45, 2.75) is 19.3 Å². The molecule has 1 aromatic heterocycles. The molecule has 0 saturated heterocycles. The predicted molar refractivity (Wildman–Crippen MR) is 63.9 cm³/mol. The lowest BCUT2D eigenvalue weighted by Gasteiger charge is -1.97. The molecule has 13 heavy (non-hydrogen) atoms. The maximum atomic E-state index is 5.92. The summed E-state index contributed by atoms with van der Waals surface area (Å²) < 4.78 is 1.05. The van der Waals surface area contributed by atoms with Gasteiger partial charge >= 0.3 is 0 Å². The average molecular weight is 283 g/mol. The smallest absolute Gasteiger partial charge is 0.0887 e. The molecule has 0 aliphatic carbocycles. The SMILES string of the molecule is CNCCCCc1cc(Cl)c(Br)s1.